The lowest BCUT2D eigenvalue weighted by molar-refractivity contribution is -0.127. The molecule has 1 amide bonds. The van der Waals surface area contributed by atoms with E-state index in [0.29, 0.717) is 17.3 Å². The number of anilines is 1. The van der Waals surface area contributed by atoms with Crippen LogP contribution in [0.3, 0.4) is 0 Å². The molecule has 1 unspecified atom stereocenters. The molecule has 0 aliphatic carbocycles. The zero-order valence-electron chi connectivity index (χ0n) is 14.0. The van der Waals surface area contributed by atoms with Crippen molar-refractivity contribution in [2.75, 3.05) is 25.0 Å². The van der Waals surface area contributed by atoms with Crippen molar-refractivity contribution >= 4 is 23.2 Å². The van der Waals surface area contributed by atoms with E-state index in [1.54, 1.807) is 31.2 Å². The summed E-state index contributed by atoms with van der Waals surface area (Å²) in [7, 11) is 2.05. The van der Waals surface area contributed by atoms with Crippen LogP contribution in [-0.4, -0.2) is 32.1 Å². The fourth-order valence-corrected chi connectivity index (χ4v) is 2.38. The number of hydrogen-bond donors (Lipinski definition) is 1. The van der Waals surface area contributed by atoms with E-state index in [1.165, 1.54) is 5.69 Å². The van der Waals surface area contributed by atoms with Gasteiger partial charge in [0, 0.05) is 30.8 Å². The summed E-state index contributed by atoms with van der Waals surface area (Å²) in [6.07, 6.45) is 0.322. The van der Waals surface area contributed by atoms with E-state index < -0.39 is 6.10 Å². The minimum atomic E-state index is -0.543. The van der Waals surface area contributed by atoms with E-state index in [1.807, 2.05) is 25.2 Å². The standard InChI is InChI=1S/C19H23ClN2O2/c1-15(24-18-11-9-16(20)10-12-18)19(23)21-13-6-14-22(2)17-7-4-3-5-8-17/h3-5,7-12,15H,6,13-14H2,1-2H3,(H,21,23). The highest BCUT2D eigenvalue weighted by Crippen LogP contribution is 2.16. The van der Waals surface area contributed by atoms with Crippen LogP contribution in [-0.2, 0) is 4.79 Å². The maximum atomic E-state index is 12.1. The van der Waals surface area contributed by atoms with Crippen LogP contribution in [0.15, 0.2) is 54.6 Å². The molecular weight excluding hydrogens is 324 g/mol. The van der Waals surface area contributed by atoms with Crippen molar-refractivity contribution in [3.05, 3.63) is 59.6 Å². The Morgan fingerprint density at radius 2 is 1.83 bits per heavy atom. The molecule has 0 aromatic heterocycles. The van der Waals surface area contributed by atoms with Crippen molar-refractivity contribution in [1.82, 2.24) is 5.32 Å². The maximum Gasteiger partial charge on any atom is 0.260 e. The number of amides is 1. The molecule has 1 N–H and O–H groups in total. The van der Waals surface area contributed by atoms with Gasteiger partial charge in [0.1, 0.15) is 5.75 Å². The van der Waals surface area contributed by atoms with Crippen LogP contribution in [0.25, 0.3) is 0 Å². The molecular formula is C19H23ClN2O2. The lowest BCUT2D eigenvalue weighted by Gasteiger charge is -2.19. The fraction of sp³-hybridized carbons (Fsp3) is 0.316. The molecule has 5 heteroatoms. The third kappa shape index (κ3) is 5.78. The zero-order chi connectivity index (χ0) is 17.4. The third-order valence-corrected chi connectivity index (χ3v) is 3.91. The van der Waals surface area contributed by atoms with E-state index in [9.17, 15) is 4.79 Å². The van der Waals surface area contributed by atoms with Crippen LogP contribution in [0.5, 0.6) is 5.75 Å². The molecule has 0 saturated carbocycles. The summed E-state index contributed by atoms with van der Waals surface area (Å²) in [6, 6.07) is 17.2. The van der Waals surface area contributed by atoms with E-state index in [4.69, 9.17) is 16.3 Å². The highest BCUT2D eigenvalue weighted by molar-refractivity contribution is 6.30. The zero-order valence-corrected chi connectivity index (χ0v) is 14.8. The molecule has 2 aromatic carbocycles. The summed E-state index contributed by atoms with van der Waals surface area (Å²) in [4.78, 5) is 14.2. The van der Waals surface area contributed by atoms with Crippen molar-refractivity contribution in [3.8, 4) is 5.75 Å². The van der Waals surface area contributed by atoms with Crippen molar-refractivity contribution in [2.24, 2.45) is 0 Å². The van der Waals surface area contributed by atoms with Crippen LogP contribution in [0.1, 0.15) is 13.3 Å². The quantitative estimate of drug-likeness (QED) is 0.740. The molecule has 0 radical (unpaired) electrons. The Morgan fingerprint density at radius 1 is 1.17 bits per heavy atom. The van der Waals surface area contributed by atoms with Crippen LogP contribution in [0, 0.1) is 0 Å². The minimum Gasteiger partial charge on any atom is -0.481 e. The number of rotatable bonds is 8. The summed E-state index contributed by atoms with van der Waals surface area (Å²) < 4.78 is 5.60. The second-order valence-electron chi connectivity index (χ2n) is 5.62. The van der Waals surface area contributed by atoms with Crippen molar-refractivity contribution in [3.63, 3.8) is 0 Å². The lowest BCUT2D eigenvalue weighted by atomic mass is 10.3. The Bertz CT molecular complexity index is 632. The number of benzene rings is 2. The fourth-order valence-electron chi connectivity index (χ4n) is 2.25. The Kier molecular flexibility index (Phi) is 6.94. The van der Waals surface area contributed by atoms with E-state index in [-0.39, 0.29) is 5.91 Å². The Morgan fingerprint density at radius 3 is 2.50 bits per heavy atom. The number of nitrogens with one attached hydrogen (secondary N) is 1. The predicted molar refractivity (Wildman–Crippen MR) is 98.9 cm³/mol. The van der Waals surface area contributed by atoms with Gasteiger partial charge >= 0.3 is 0 Å². The molecule has 0 spiro atoms. The number of halogens is 1. The van der Waals surface area contributed by atoms with Crippen LogP contribution in [0.2, 0.25) is 5.02 Å². The van der Waals surface area contributed by atoms with Gasteiger partial charge in [0.05, 0.1) is 0 Å². The molecule has 4 nitrogen and oxygen atoms in total. The number of ether oxygens (including phenoxy) is 1. The first-order valence-electron chi connectivity index (χ1n) is 8.02. The summed E-state index contributed by atoms with van der Waals surface area (Å²) in [6.45, 7) is 3.22. The first kappa shape index (κ1) is 18.1. The highest BCUT2D eigenvalue weighted by atomic mass is 35.5. The van der Waals surface area contributed by atoms with Gasteiger partial charge < -0.3 is 15.0 Å². The van der Waals surface area contributed by atoms with Gasteiger partial charge in [0.25, 0.3) is 5.91 Å². The second kappa shape index (κ2) is 9.18. The number of para-hydroxylation sites is 1. The summed E-state index contributed by atoms with van der Waals surface area (Å²) in [5.41, 5.74) is 1.17. The van der Waals surface area contributed by atoms with Crippen LogP contribution < -0.4 is 15.0 Å². The van der Waals surface area contributed by atoms with E-state index in [0.717, 1.165) is 13.0 Å². The van der Waals surface area contributed by atoms with Gasteiger partial charge in [-0.15, -0.1) is 0 Å². The largest absolute Gasteiger partial charge is 0.481 e. The van der Waals surface area contributed by atoms with Gasteiger partial charge in [-0.25, -0.2) is 0 Å². The average molecular weight is 347 g/mol. The molecule has 0 aliphatic heterocycles. The first-order chi connectivity index (χ1) is 11.6. The number of hydrogen-bond acceptors (Lipinski definition) is 3. The Hall–Kier alpha value is -2.20. The van der Waals surface area contributed by atoms with E-state index in [2.05, 4.69) is 22.3 Å². The lowest BCUT2D eigenvalue weighted by Crippen LogP contribution is -2.37. The number of carbonyl (C=O) groups is 1. The Labute approximate surface area is 148 Å². The normalized spacial score (nSPS) is 11.6. The number of nitrogens with zero attached hydrogens (tertiary/aromatic N) is 1. The third-order valence-electron chi connectivity index (χ3n) is 3.66. The van der Waals surface area contributed by atoms with Crippen molar-refractivity contribution in [2.45, 2.75) is 19.4 Å². The number of carbonyl (C=O) groups excluding carboxylic acids is 1. The average Bonchev–Trinajstić information content (AvgIpc) is 2.61. The van der Waals surface area contributed by atoms with Gasteiger partial charge in [0.2, 0.25) is 0 Å². The van der Waals surface area contributed by atoms with Crippen LogP contribution in [0.4, 0.5) is 5.69 Å². The molecule has 2 aromatic rings. The van der Waals surface area contributed by atoms with E-state index >= 15 is 0 Å². The monoisotopic (exact) mass is 346 g/mol. The molecule has 0 heterocycles. The first-order valence-corrected chi connectivity index (χ1v) is 8.40. The van der Waals surface area contributed by atoms with Gasteiger partial charge in [-0.3, -0.25) is 4.79 Å². The van der Waals surface area contributed by atoms with Crippen LogP contribution >= 0.6 is 11.6 Å². The van der Waals surface area contributed by atoms with Gasteiger partial charge in [0.15, 0.2) is 6.10 Å². The smallest absolute Gasteiger partial charge is 0.260 e. The molecule has 0 aliphatic rings. The SMILES string of the molecule is CC(Oc1ccc(Cl)cc1)C(=O)NCCCN(C)c1ccccc1. The molecule has 2 rings (SSSR count). The van der Waals surface area contributed by atoms with Gasteiger partial charge in [-0.1, -0.05) is 29.8 Å². The summed E-state index contributed by atoms with van der Waals surface area (Å²) in [5.74, 6) is 0.512. The Balaban J connectivity index is 1.68. The van der Waals surface area contributed by atoms with Gasteiger partial charge in [-0.05, 0) is 49.7 Å². The minimum absolute atomic E-state index is 0.118. The maximum absolute atomic E-state index is 12.1. The topological polar surface area (TPSA) is 41.6 Å². The van der Waals surface area contributed by atoms with Crippen molar-refractivity contribution < 1.29 is 9.53 Å². The molecule has 128 valence electrons. The molecule has 0 saturated heterocycles. The molecule has 0 bridgehead atoms. The molecule has 1 atom stereocenters. The second-order valence-corrected chi connectivity index (χ2v) is 6.05. The molecule has 0 fully saturated rings. The summed E-state index contributed by atoms with van der Waals surface area (Å²) in [5, 5.41) is 3.54. The summed E-state index contributed by atoms with van der Waals surface area (Å²) >= 11 is 5.83. The highest BCUT2D eigenvalue weighted by Gasteiger charge is 2.14. The predicted octanol–water partition coefficient (Wildman–Crippen LogP) is 3.75. The molecule has 24 heavy (non-hydrogen) atoms. The van der Waals surface area contributed by atoms with Gasteiger partial charge in [-0.2, -0.15) is 0 Å². The van der Waals surface area contributed by atoms with Crippen molar-refractivity contribution in [1.29, 1.82) is 0 Å².